The molecule has 0 amide bonds. The van der Waals surface area contributed by atoms with Gasteiger partial charge in [0.15, 0.2) is 0 Å². The highest BCUT2D eigenvalue weighted by Gasteiger charge is 2.42. The van der Waals surface area contributed by atoms with E-state index in [2.05, 4.69) is 5.48 Å². The molecule has 0 radical (unpaired) electrons. The third-order valence-corrected chi connectivity index (χ3v) is 4.07. The lowest BCUT2D eigenvalue weighted by Gasteiger charge is -2.31. The van der Waals surface area contributed by atoms with Crippen molar-refractivity contribution in [2.75, 3.05) is 7.05 Å². The largest absolute Gasteiger partial charge is 0.353 e. The molecule has 1 aliphatic rings. The topological polar surface area (TPSA) is 35.5 Å². The Morgan fingerprint density at radius 3 is 2.45 bits per heavy atom. The molecule has 11 heavy (non-hydrogen) atoms. The summed E-state index contributed by atoms with van der Waals surface area (Å²) in [5, 5.41) is 8.75. The van der Waals surface area contributed by atoms with Gasteiger partial charge in [-0.15, -0.1) is 0 Å². The molecular formula is C6H12N2OS2. The fourth-order valence-corrected chi connectivity index (χ4v) is 2.54. The number of nitrogens with zero attached hydrogens (tertiary/aromatic N) is 1. The van der Waals surface area contributed by atoms with E-state index in [-0.39, 0.29) is 10.9 Å². The Labute approximate surface area is 76.1 Å². The van der Waals surface area contributed by atoms with Gasteiger partial charge in [-0.3, -0.25) is 0 Å². The summed E-state index contributed by atoms with van der Waals surface area (Å²) in [5.41, 5.74) is 2.13. The number of likely N-dealkylation sites (N-methyl/N-ethyl adjacent to an activating group) is 1. The van der Waals surface area contributed by atoms with Gasteiger partial charge in [0.1, 0.15) is 9.69 Å². The average Bonchev–Trinajstić information content (AvgIpc) is 2.13. The van der Waals surface area contributed by atoms with Crippen LogP contribution in [-0.4, -0.2) is 32.4 Å². The SMILES string of the molecule is CN1C(=S)SC(NO)C1(C)C. The fourth-order valence-electron chi connectivity index (χ4n) is 0.920. The molecule has 1 unspecified atom stereocenters. The van der Waals surface area contributed by atoms with Crippen LogP contribution in [0.15, 0.2) is 0 Å². The molecule has 0 aliphatic carbocycles. The van der Waals surface area contributed by atoms with Crippen LogP contribution in [0.5, 0.6) is 0 Å². The van der Waals surface area contributed by atoms with Gasteiger partial charge < -0.3 is 10.1 Å². The molecule has 0 spiro atoms. The van der Waals surface area contributed by atoms with E-state index in [1.807, 2.05) is 25.8 Å². The minimum Gasteiger partial charge on any atom is -0.353 e. The highest BCUT2D eigenvalue weighted by Crippen LogP contribution is 2.36. The zero-order valence-electron chi connectivity index (χ0n) is 6.79. The highest BCUT2D eigenvalue weighted by molar-refractivity contribution is 8.23. The van der Waals surface area contributed by atoms with Crippen LogP contribution in [0.3, 0.4) is 0 Å². The van der Waals surface area contributed by atoms with Gasteiger partial charge in [0, 0.05) is 7.05 Å². The lowest BCUT2D eigenvalue weighted by molar-refractivity contribution is 0.103. The second kappa shape index (κ2) is 2.90. The smallest absolute Gasteiger partial charge is 0.138 e. The molecule has 0 aromatic heterocycles. The normalized spacial score (nSPS) is 29.6. The second-order valence-corrected chi connectivity index (χ2v) is 4.84. The highest BCUT2D eigenvalue weighted by atomic mass is 32.2. The Hall–Kier alpha value is 0.160. The molecular weight excluding hydrogens is 180 g/mol. The Kier molecular flexibility index (Phi) is 2.43. The van der Waals surface area contributed by atoms with Gasteiger partial charge >= 0.3 is 0 Å². The summed E-state index contributed by atoms with van der Waals surface area (Å²) in [6.07, 6.45) is 0. The van der Waals surface area contributed by atoms with E-state index in [1.165, 1.54) is 11.8 Å². The van der Waals surface area contributed by atoms with Gasteiger partial charge in [0.05, 0.1) is 5.54 Å². The fraction of sp³-hybridized carbons (Fsp3) is 0.833. The van der Waals surface area contributed by atoms with Crippen molar-refractivity contribution in [2.45, 2.75) is 24.8 Å². The van der Waals surface area contributed by atoms with Crippen molar-refractivity contribution < 1.29 is 5.21 Å². The van der Waals surface area contributed by atoms with E-state index in [0.717, 1.165) is 4.32 Å². The summed E-state index contributed by atoms with van der Waals surface area (Å²) in [5.74, 6) is 0. The number of hydroxylamine groups is 1. The van der Waals surface area contributed by atoms with Gasteiger partial charge in [-0.25, -0.2) is 0 Å². The van der Waals surface area contributed by atoms with Gasteiger partial charge in [-0.2, -0.15) is 5.48 Å². The predicted molar refractivity (Wildman–Crippen MR) is 50.7 cm³/mol. The summed E-state index contributed by atoms with van der Waals surface area (Å²) in [7, 11) is 1.94. The van der Waals surface area contributed by atoms with Crippen LogP contribution >= 0.6 is 24.0 Å². The molecule has 2 N–H and O–H groups in total. The van der Waals surface area contributed by atoms with E-state index in [0.29, 0.717) is 0 Å². The van der Waals surface area contributed by atoms with E-state index in [9.17, 15) is 0 Å². The third-order valence-electron chi connectivity index (χ3n) is 2.12. The molecule has 1 rings (SSSR count). The quantitative estimate of drug-likeness (QED) is 0.479. The van der Waals surface area contributed by atoms with Crippen molar-refractivity contribution in [3.05, 3.63) is 0 Å². The minimum absolute atomic E-state index is 0.0278. The van der Waals surface area contributed by atoms with E-state index >= 15 is 0 Å². The molecule has 3 nitrogen and oxygen atoms in total. The van der Waals surface area contributed by atoms with Gasteiger partial charge in [0.2, 0.25) is 0 Å². The summed E-state index contributed by atoms with van der Waals surface area (Å²) in [6.45, 7) is 4.07. The first-order valence-electron chi connectivity index (χ1n) is 3.34. The lowest BCUT2D eigenvalue weighted by atomic mass is 10.1. The van der Waals surface area contributed by atoms with Crippen LogP contribution in [0, 0.1) is 0 Å². The van der Waals surface area contributed by atoms with E-state index < -0.39 is 0 Å². The van der Waals surface area contributed by atoms with Crippen molar-refractivity contribution in [3.8, 4) is 0 Å². The number of rotatable bonds is 1. The standard InChI is InChI=1S/C6H12N2OS2/c1-6(2)4(7-9)11-5(10)8(6)3/h4,7,9H,1-3H3. The number of hydrogen-bond acceptors (Lipinski definition) is 4. The lowest BCUT2D eigenvalue weighted by Crippen LogP contribution is -2.48. The van der Waals surface area contributed by atoms with Crippen LogP contribution in [0.25, 0.3) is 0 Å². The number of thioether (sulfide) groups is 1. The minimum atomic E-state index is -0.115. The first kappa shape index (κ1) is 9.25. The molecule has 1 saturated heterocycles. The molecule has 0 aromatic rings. The Morgan fingerprint density at radius 1 is 1.73 bits per heavy atom. The van der Waals surface area contributed by atoms with Crippen LogP contribution in [0.2, 0.25) is 0 Å². The Balaban J connectivity index is 2.82. The maximum atomic E-state index is 8.78. The van der Waals surface area contributed by atoms with Crippen LogP contribution in [0.1, 0.15) is 13.8 Å². The monoisotopic (exact) mass is 192 g/mol. The van der Waals surface area contributed by atoms with E-state index in [4.69, 9.17) is 17.4 Å². The number of nitrogens with one attached hydrogen (secondary N) is 1. The second-order valence-electron chi connectivity index (χ2n) is 3.11. The zero-order chi connectivity index (χ0) is 8.65. The first-order chi connectivity index (χ1) is 5.00. The third kappa shape index (κ3) is 1.38. The molecule has 0 saturated carbocycles. The molecule has 1 heterocycles. The molecule has 64 valence electrons. The molecule has 0 bridgehead atoms. The summed E-state index contributed by atoms with van der Waals surface area (Å²) < 4.78 is 0.821. The number of hydrogen-bond donors (Lipinski definition) is 2. The van der Waals surface area contributed by atoms with Crippen LogP contribution in [-0.2, 0) is 0 Å². The Morgan fingerprint density at radius 2 is 2.27 bits per heavy atom. The van der Waals surface area contributed by atoms with Crippen LogP contribution < -0.4 is 5.48 Å². The maximum Gasteiger partial charge on any atom is 0.138 e. The van der Waals surface area contributed by atoms with E-state index in [1.54, 1.807) is 0 Å². The molecule has 0 aromatic carbocycles. The summed E-state index contributed by atoms with van der Waals surface area (Å²) in [4.78, 5) is 1.99. The average molecular weight is 192 g/mol. The first-order valence-corrected chi connectivity index (χ1v) is 4.63. The van der Waals surface area contributed by atoms with Gasteiger partial charge in [0.25, 0.3) is 0 Å². The predicted octanol–water partition coefficient (Wildman–Crippen LogP) is 1.03. The van der Waals surface area contributed by atoms with Crippen molar-refractivity contribution in [1.29, 1.82) is 0 Å². The van der Waals surface area contributed by atoms with Crippen molar-refractivity contribution in [3.63, 3.8) is 0 Å². The van der Waals surface area contributed by atoms with Crippen molar-refractivity contribution in [1.82, 2.24) is 10.4 Å². The summed E-state index contributed by atoms with van der Waals surface area (Å²) in [6, 6.07) is 0. The van der Waals surface area contributed by atoms with Gasteiger partial charge in [-0.1, -0.05) is 24.0 Å². The zero-order valence-corrected chi connectivity index (χ0v) is 8.42. The number of thiocarbonyl (C=S) groups is 1. The van der Waals surface area contributed by atoms with Crippen molar-refractivity contribution >= 4 is 28.3 Å². The maximum absolute atomic E-state index is 8.78. The molecule has 1 aliphatic heterocycles. The molecule has 5 heteroatoms. The van der Waals surface area contributed by atoms with Gasteiger partial charge in [-0.05, 0) is 13.8 Å². The molecule has 1 fully saturated rings. The van der Waals surface area contributed by atoms with Crippen molar-refractivity contribution in [2.24, 2.45) is 0 Å². The molecule has 1 atom stereocenters. The van der Waals surface area contributed by atoms with Crippen LogP contribution in [0.4, 0.5) is 0 Å². The summed E-state index contributed by atoms with van der Waals surface area (Å²) >= 11 is 6.55. The Bertz CT molecular complexity index is 183.